The Hall–Kier alpha value is -3.91. The number of fused-ring (bicyclic) bond motifs is 1. The van der Waals surface area contributed by atoms with Crippen LogP contribution < -0.4 is 15.8 Å². The summed E-state index contributed by atoms with van der Waals surface area (Å²) in [6, 6.07) is 11.3. The minimum Gasteiger partial charge on any atom is -0.354 e. The lowest BCUT2D eigenvalue weighted by atomic mass is 10.1. The number of alkyl halides is 3. The minimum absolute atomic E-state index is 0.0669. The molecule has 2 aromatic carbocycles. The van der Waals surface area contributed by atoms with Gasteiger partial charge in [-0.1, -0.05) is 6.07 Å². The van der Waals surface area contributed by atoms with Crippen LogP contribution in [0.4, 0.5) is 33.7 Å². The van der Waals surface area contributed by atoms with Gasteiger partial charge in [-0.05, 0) is 73.9 Å². The topological polar surface area (TPSA) is 123 Å². The maximum absolute atomic E-state index is 14.4. The van der Waals surface area contributed by atoms with Gasteiger partial charge in [0.2, 0.25) is 16.0 Å². The molecule has 0 bridgehead atoms. The number of benzene rings is 2. The maximum atomic E-state index is 14.4. The monoisotopic (exact) mass is 564 g/mol. The molecule has 14 heteroatoms. The molecule has 1 aliphatic carbocycles. The number of nitrogens with zero attached hydrogens (tertiary/aromatic N) is 3. The Kier molecular flexibility index (Phi) is 6.42. The van der Waals surface area contributed by atoms with Gasteiger partial charge < -0.3 is 10.6 Å². The van der Waals surface area contributed by atoms with Gasteiger partial charge in [0.05, 0.1) is 17.3 Å². The fourth-order valence-corrected chi connectivity index (χ4v) is 4.66. The minimum atomic E-state index is -4.54. The Morgan fingerprint density at radius 3 is 2.26 bits per heavy atom. The van der Waals surface area contributed by atoms with E-state index in [1.165, 1.54) is 30.3 Å². The van der Waals surface area contributed by atoms with Crippen LogP contribution in [0, 0.1) is 11.6 Å². The van der Waals surface area contributed by atoms with Crippen LogP contribution in [0.15, 0.2) is 59.5 Å². The van der Waals surface area contributed by atoms with E-state index < -0.39 is 44.3 Å². The summed E-state index contributed by atoms with van der Waals surface area (Å²) in [6.45, 7) is 1.61. The quantitative estimate of drug-likeness (QED) is 0.261. The SMILES string of the molecule is CC(Nc1nc(NC2(C(F)(F)F)CC2)c2nc(-c3ccc(F)cc3)ccc2n1)c1ccc(S(N)(=O)=O)c(F)c1. The van der Waals surface area contributed by atoms with Gasteiger partial charge in [-0.3, -0.25) is 0 Å². The second kappa shape index (κ2) is 9.38. The van der Waals surface area contributed by atoms with Crippen molar-refractivity contribution in [3.8, 4) is 11.3 Å². The third-order valence-corrected chi connectivity index (χ3v) is 7.38. The van der Waals surface area contributed by atoms with E-state index in [0.29, 0.717) is 16.8 Å². The van der Waals surface area contributed by atoms with Gasteiger partial charge in [0, 0.05) is 5.56 Å². The summed E-state index contributed by atoms with van der Waals surface area (Å²) >= 11 is 0. The second-order valence-electron chi connectivity index (χ2n) is 9.27. The molecule has 4 N–H and O–H groups in total. The van der Waals surface area contributed by atoms with Crippen LogP contribution in [0.3, 0.4) is 0 Å². The molecule has 1 saturated carbocycles. The van der Waals surface area contributed by atoms with Gasteiger partial charge in [0.15, 0.2) is 5.82 Å². The smallest absolute Gasteiger partial charge is 0.354 e. The Morgan fingerprint density at radius 1 is 0.974 bits per heavy atom. The van der Waals surface area contributed by atoms with Crippen molar-refractivity contribution in [2.75, 3.05) is 10.6 Å². The predicted molar refractivity (Wildman–Crippen MR) is 134 cm³/mol. The first kappa shape index (κ1) is 26.7. The Bertz CT molecular complexity index is 1680. The number of primary sulfonamides is 1. The average Bonchev–Trinajstić information content (AvgIpc) is 3.64. The molecule has 5 rings (SSSR count). The number of hydrogen-bond donors (Lipinski definition) is 3. The first-order valence-electron chi connectivity index (χ1n) is 11.6. The number of aromatic nitrogens is 3. The Morgan fingerprint density at radius 2 is 1.67 bits per heavy atom. The number of nitrogens with one attached hydrogen (secondary N) is 2. The van der Waals surface area contributed by atoms with Gasteiger partial charge in [0.25, 0.3) is 0 Å². The summed E-state index contributed by atoms with van der Waals surface area (Å²) in [5.41, 5.74) is -0.613. The third kappa shape index (κ3) is 5.34. The van der Waals surface area contributed by atoms with Gasteiger partial charge in [0.1, 0.15) is 27.6 Å². The molecule has 1 aliphatic rings. The molecule has 4 aromatic rings. The highest BCUT2D eigenvalue weighted by molar-refractivity contribution is 7.89. The van der Waals surface area contributed by atoms with Crippen LogP contribution in [0.2, 0.25) is 0 Å². The molecule has 39 heavy (non-hydrogen) atoms. The fourth-order valence-electron chi connectivity index (χ4n) is 4.07. The van der Waals surface area contributed by atoms with Crippen LogP contribution in [0.5, 0.6) is 0 Å². The lowest BCUT2D eigenvalue weighted by molar-refractivity contribution is -0.151. The van der Waals surface area contributed by atoms with Gasteiger partial charge in [-0.2, -0.15) is 18.2 Å². The number of rotatable bonds is 7. The summed E-state index contributed by atoms with van der Waals surface area (Å²) in [6.07, 6.45) is -4.83. The molecule has 0 amide bonds. The molecule has 0 spiro atoms. The number of sulfonamides is 1. The van der Waals surface area contributed by atoms with E-state index in [2.05, 4.69) is 25.6 Å². The van der Waals surface area contributed by atoms with Crippen molar-refractivity contribution in [3.63, 3.8) is 0 Å². The van der Waals surface area contributed by atoms with Gasteiger partial charge in [-0.15, -0.1) is 0 Å². The number of nitrogens with two attached hydrogens (primary N) is 1. The van der Waals surface area contributed by atoms with Crippen molar-refractivity contribution < 1.29 is 30.4 Å². The molecule has 204 valence electrons. The molecule has 8 nitrogen and oxygen atoms in total. The molecular formula is C25H21F5N6O2S. The standard InChI is InChI=1S/C25H21F5N6O2S/c1-13(15-4-9-20(17(27)12-15)39(31,37)38)32-23-34-19-8-7-18(14-2-5-16(26)6-3-14)33-21(19)22(35-23)36-24(10-11-24)25(28,29)30/h2-9,12-13H,10-11H2,1H3,(H2,31,37,38)(H2,32,34,35,36). The van der Waals surface area contributed by atoms with Crippen molar-refractivity contribution in [3.05, 3.63) is 71.8 Å². The number of halogens is 5. The van der Waals surface area contributed by atoms with E-state index in [4.69, 9.17) is 5.14 Å². The second-order valence-corrected chi connectivity index (χ2v) is 10.8. The summed E-state index contributed by atoms with van der Waals surface area (Å²) in [5.74, 6) is -1.73. The van der Waals surface area contributed by atoms with Crippen LogP contribution in [0.25, 0.3) is 22.3 Å². The first-order valence-corrected chi connectivity index (χ1v) is 13.2. The fraction of sp³-hybridized carbons (Fsp3) is 0.240. The molecule has 1 fully saturated rings. The van der Waals surface area contributed by atoms with Crippen LogP contribution in [0.1, 0.15) is 31.4 Å². The lowest BCUT2D eigenvalue weighted by Gasteiger charge is -2.23. The molecule has 0 aliphatic heterocycles. The van der Waals surface area contributed by atoms with Crippen molar-refractivity contribution in [2.24, 2.45) is 5.14 Å². The van der Waals surface area contributed by atoms with E-state index in [9.17, 15) is 30.4 Å². The maximum Gasteiger partial charge on any atom is 0.411 e. The molecule has 0 saturated heterocycles. The molecule has 2 aromatic heterocycles. The van der Waals surface area contributed by atoms with E-state index in [1.807, 2.05) is 0 Å². The highest BCUT2D eigenvalue weighted by Gasteiger charge is 2.64. The molecule has 2 heterocycles. The number of hydrogen-bond acceptors (Lipinski definition) is 7. The molecular weight excluding hydrogens is 543 g/mol. The van der Waals surface area contributed by atoms with Gasteiger partial charge >= 0.3 is 6.18 Å². The predicted octanol–water partition coefficient (Wildman–Crippen LogP) is 5.30. The highest BCUT2D eigenvalue weighted by atomic mass is 32.2. The normalized spacial score (nSPS) is 15.7. The molecule has 1 atom stereocenters. The van der Waals surface area contributed by atoms with Crippen molar-refractivity contribution in [2.45, 2.75) is 42.4 Å². The Balaban J connectivity index is 1.54. The summed E-state index contributed by atoms with van der Waals surface area (Å²) in [4.78, 5) is 12.4. The summed E-state index contributed by atoms with van der Waals surface area (Å²) in [7, 11) is -4.26. The first-order chi connectivity index (χ1) is 18.3. The van der Waals surface area contributed by atoms with E-state index >= 15 is 0 Å². The number of pyridine rings is 1. The van der Waals surface area contributed by atoms with Gasteiger partial charge in [-0.25, -0.2) is 32.3 Å². The van der Waals surface area contributed by atoms with E-state index in [1.54, 1.807) is 19.1 Å². The third-order valence-electron chi connectivity index (χ3n) is 6.44. The molecule has 1 unspecified atom stereocenters. The zero-order valence-electron chi connectivity index (χ0n) is 20.2. The largest absolute Gasteiger partial charge is 0.411 e. The number of anilines is 2. The lowest BCUT2D eigenvalue weighted by Crippen LogP contribution is -2.39. The van der Waals surface area contributed by atoms with E-state index in [-0.39, 0.29) is 35.6 Å². The van der Waals surface area contributed by atoms with Crippen molar-refractivity contribution >= 4 is 32.8 Å². The highest BCUT2D eigenvalue weighted by Crippen LogP contribution is 2.51. The van der Waals surface area contributed by atoms with Crippen LogP contribution >= 0.6 is 0 Å². The average molecular weight is 565 g/mol. The zero-order valence-corrected chi connectivity index (χ0v) is 21.0. The van der Waals surface area contributed by atoms with Crippen molar-refractivity contribution in [1.29, 1.82) is 0 Å². The summed E-state index contributed by atoms with van der Waals surface area (Å²) < 4.78 is 92.1. The van der Waals surface area contributed by atoms with Crippen LogP contribution in [-0.2, 0) is 10.0 Å². The summed E-state index contributed by atoms with van der Waals surface area (Å²) in [5, 5.41) is 10.4. The van der Waals surface area contributed by atoms with Crippen molar-refractivity contribution in [1.82, 2.24) is 15.0 Å². The Labute approximate surface area is 219 Å². The van der Waals surface area contributed by atoms with E-state index in [0.717, 1.165) is 12.1 Å². The zero-order chi connectivity index (χ0) is 28.2. The van der Waals surface area contributed by atoms with Crippen LogP contribution in [-0.4, -0.2) is 35.1 Å². The molecule has 0 radical (unpaired) electrons.